The first-order chi connectivity index (χ1) is 11.5. The standard InChI is InChI=1S/C19H20N2O2S/c1-3-4-15-5-7-16(8-6-15)19-13-20-14-21(19)17-9-11-18(12-10-17)24(2,22)23/h5-14H,3-4H2,1-2H3. The van der Waals surface area contributed by atoms with Crippen LogP contribution >= 0.6 is 0 Å². The monoisotopic (exact) mass is 340 g/mol. The topological polar surface area (TPSA) is 52.0 Å². The Bertz CT molecular complexity index is 924. The van der Waals surface area contributed by atoms with Crippen molar-refractivity contribution in [2.75, 3.05) is 6.26 Å². The van der Waals surface area contributed by atoms with Crippen molar-refractivity contribution in [2.24, 2.45) is 0 Å². The van der Waals surface area contributed by atoms with Crippen LogP contribution in [-0.4, -0.2) is 24.2 Å². The van der Waals surface area contributed by atoms with E-state index in [-0.39, 0.29) is 0 Å². The van der Waals surface area contributed by atoms with Crippen LogP contribution in [0.1, 0.15) is 18.9 Å². The third-order valence-corrected chi connectivity index (χ3v) is 5.10. The number of benzene rings is 2. The van der Waals surface area contributed by atoms with Crippen LogP contribution in [0.15, 0.2) is 66.0 Å². The fourth-order valence-corrected chi connectivity index (χ4v) is 3.33. The second-order valence-corrected chi connectivity index (χ2v) is 7.88. The van der Waals surface area contributed by atoms with Crippen LogP contribution in [0.4, 0.5) is 0 Å². The molecular formula is C19H20N2O2S. The van der Waals surface area contributed by atoms with Crippen LogP contribution in [0.2, 0.25) is 0 Å². The van der Waals surface area contributed by atoms with Gasteiger partial charge in [0, 0.05) is 17.5 Å². The lowest BCUT2D eigenvalue weighted by Gasteiger charge is -2.10. The first kappa shape index (κ1) is 16.5. The Hall–Kier alpha value is -2.40. The number of nitrogens with zero attached hydrogens (tertiary/aromatic N) is 2. The number of sulfone groups is 1. The molecule has 0 unspecified atom stereocenters. The molecule has 0 amide bonds. The molecule has 0 saturated heterocycles. The van der Waals surface area contributed by atoms with Gasteiger partial charge in [-0.15, -0.1) is 0 Å². The first-order valence-corrected chi connectivity index (χ1v) is 9.80. The largest absolute Gasteiger partial charge is 0.299 e. The Morgan fingerprint density at radius 3 is 2.25 bits per heavy atom. The molecule has 3 rings (SSSR count). The highest BCUT2D eigenvalue weighted by Crippen LogP contribution is 2.24. The zero-order valence-electron chi connectivity index (χ0n) is 13.8. The van der Waals surface area contributed by atoms with Gasteiger partial charge in [0.15, 0.2) is 9.84 Å². The van der Waals surface area contributed by atoms with Gasteiger partial charge < -0.3 is 0 Å². The molecule has 0 aliphatic heterocycles. The number of imidazole rings is 1. The van der Waals surface area contributed by atoms with E-state index >= 15 is 0 Å². The van der Waals surface area contributed by atoms with Gasteiger partial charge in [0.2, 0.25) is 0 Å². The van der Waals surface area contributed by atoms with E-state index in [1.165, 1.54) is 11.8 Å². The minimum Gasteiger partial charge on any atom is -0.299 e. The van der Waals surface area contributed by atoms with Crippen LogP contribution in [0.5, 0.6) is 0 Å². The maximum absolute atomic E-state index is 11.6. The van der Waals surface area contributed by atoms with Gasteiger partial charge in [-0.1, -0.05) is 37.6 Å². The van der Waals surface area contributed by atoms with Crippen LogP contribution in [0.3, 0.4) is 0 Å². The van der Waals surface area contributed by atoms with E-state index in [4.69, 9.17) is 0 Å². The highest BCUT2D eigenvalue weighted by Gasteiger charge is 2.10. The molecule has 2 aromatic carbocycles. The molecule has 0 fully saturated rings. The maximum atomic E-state index is 11.6. The summed E-state index contributed by atoms with van der Waals surface area (Å²) in [6.45, 7) is 2.17. The molecule has 0 atom stereocenters. The summed E-state index contributed by atoms with van der Waals surface area (Å²) in [7, 11) is -3.19. The predicted octanol–water partition coefficient (Wildman–Crippen LogP) is 3.90. The number of rotatable bonds is 5. The molecule has 0 bridgehead atoms. The van der Waals surface area contributed by atoms with Gasteiger partial charge in [-0.25, -0.2) is 13.4 Å². The quantitative estimate of drug-likeness (QED) is 0.708. The minimum atomic E-state index is -3.19. The third-order valence-electron chi connectivity index (χ3n) is 3.97. The van der Waals surface area contributed by atoms with E-state index in [1.807, 2.05) is 10.8 Å². The molecular weight excluding hydrogens is 320 g/mol. The van der Waals surface area contributed by atoms with E-state index in [0.717, 1.165) is 29.8 Å². The van der Waals surface area contributed by atoms with Crippen LogP contribution < -0.4 is 0 Å². The molecule has 0 aliphatic carbocycles. The Kier molecular flexibility index (Phi) is 4.53. The summed E-state index contributed by atoms with van der Waals surface area (Å²) in [5.41, 5.74) is 4.27. The molecule has 5 heteroatoms. The SMILES string of the molecule is CCCc1ccc(-c2cncn2-c2ccc(S(C)(=O)=O)cc2)cc1. The van der Waals surface area contributed by atoms with Gasteiger partial charge in [-0.05, 0) is 36.2 Å². The summed E-state index contributed by atoms with van der Waals surface area (Å²) in [6, 6.07) is 15.3. The molecule has 4 nitrogen and oxygen atoms in total. The fourth-order valence-electron chi connectivity index (χ4n) is 2.70. The summed E-state index contributed by atoms with van der Waals surface area (Å²) >= 11 is 0. The molecule has 0 radical (unpaired) electrons. The highest BCUT2D eigenvalue weighted by molar-refractivity contribution is 7.90. The zero-order chi connectivity index (χ0) is 17.2. The first-order valence-electron chi connectivity index (χ1n) is 7.91. The van der Waals surface area contributed by atoms with Crippen LogP contribution in [0.25, 0.3) is 16.9 Å². The predicted molar refractivity (Wildman–Crippen MR) is 96.1 cm³/mol. The summed E-state index contributed by atoms with van der Waals surface area (Å²) in [5.74, 6) is 0. The molecule has 0 spiro atoms. The van der Waals surface area contributed by atoms with Gasteiger partial charge in [0.1, 0.15) is 0 Å². The fraction of sp³-hybridized carbons (Fsp3) is 0.211. The minimum absolute atomic E-state index is 0.317. The van der Waals surface area contributed by atoms with E-state index in [2.05, 4.69) is 36.2 Å². The second-order valence-electron chi connectivity index (χ2n) is 5.86. The molecule has 0 saturated carbocycles. The lowest BCUT2D eigenvalue weighted by atomic mass is 10.1. The van der Waals surface area contributed by atoms with Crippen molar-refractivity contribution in [3.8, 4) is 16.9 Å². The average molecular weight is 340 g/mol. The number of aromatic nitrogens is 2. The van der Waals surface area contributed by atoms with Crippen molar-refractivity contribution in [2.45, 2.75) is 24.7 Å². The van der Waals surface area contributed by atoms with Gasteiger partial charge >= 0.3 is 0 Å². The smallest absolute Gasteiger partial charge is 0.175 e. The highest BCUT2D eigenvalue weighted by atomic mass is 32.2. The van der Waals surface area contributed by atoms with Gasteiger partial charge in [-0.2, -0.15) is 0 Å². The van der Waals surface area contributed by atoms with Crippen molar-refractivity contribution < 1.29 is 8.42 Å². The molecule has 0 aliphatic rings. The summed E-state index contributed by atoms with van der Waals surface area (Å²) in [4.78, 5) is 4.57. The average Bonchev–Trinajstić information content (AvgIpc) is 3.05. The van der Waals surface area contributed by atoms with Crippen LogP contribution in [-0.2, 0) is 16.3 Å². The van der Waals surface area contributed by atoms with E-state index in [0.29, 0.717) is 4.90 Å². The molecule has 24 heavy (non-hydrogen) atoms. The van der Waals surface area contributed by atoms with Crippen molar-refractivity contribution in [3.63, 3.8) is 0 Å². The summed E-state index contributed by atoms with van der Waals surface area (Å²) in [6.07, 6.45) is 6.98. The van der Waals surface area contributed by atoms with Gasteiger partial charge in [0.05, 0.1) is 23.1 Å². The van der Waals surface area contributed by atoms with Crippen molar-refractivity contribution >= 4 is 9.84 Å². The van der Waals surface area contributed by atoms with Crippen molar-refractivity contribution in [1.82, 2.24) is 9.55 Å². The van der Waals surface area contributed by atoms with E-state index in [9.17, 15) is 8.42 Å². The van der Waals surface area contributed by atoms with Gasteiger partial charge in [0.25, 0.3) is 0 Å². The molecule has 1 aromatic heterocycles. The lowest BCUT2D eigenvalue weighted by Crippen LogP contribution is -1.99. The number of hydrogen-bond donors (Lipinski definition) is 0. The Labute approximate surface area is 142 Å². The normalized spacial score (nSPS) is 11.6. The summed E-state index contributed by atoms with van der Waals surface area (Å²) in [5, 5.41) is 0. The maximum Gasteiger partial charge on any atom is 0.175 e. The zero-order valence-corrected chi connectivity index (χ0v) is 14.6. The third kappa shape index (κ3) is 3.41. The van der Waals surface area contributed by atoms with Crippen molar-refractivity contribution in [1.29, 1.82) is 0 Å². The number of aryl methyl sites for hydroxylation is 1. The summed E-state index contributed by atoms with van der Waals surface area (Å²) < 4.78 is 25.1. The lowest BCUT2D eigenvalue weighted by molar-refractivity contribution is 0.602. The van der Waals surface area contributed by atoms with E-state index < -0.39 is 9.84 Å². The Morgan fingerprint density at radius 2 is 1.67 bits per heavy atom. The molecule has 1 heterocycles. The Morgan fingerprint density at radius 1 is 1.00 bits per heavy atom. The molecule has 124 valence electrons. The van der Waals surface area contributed by atoms with E-state index in [1.54, 1.807) is 30.6 Å². The van der Waals surface area contributed by atoms with Crippen LogP contribution in [0, 0.1) is 0 Å². The Balaban J connectivity index is 1.95. The molecule has 3 aromatic rings. The second kappa shape index (κ2) is 6.61. The van der Waals surface area contributed by atoms with Crippen molar-refractivity contribution in [3.05, 3.63) is 66.6 Å². The van der Waals surface area contributed by atoms with Gasteiger partial charge in [-0.3, -0.25) is 4.57 Å². The molecule has 0 N–H and O–H groups in total. The number of hydrogen-bond acceptors (Lipinski definition) is 3.